The standard InChI is InChI=1S/C.Na.H4O7P2/c;;1-8(2,3)7-9(4,5)6/h;;(H2,1,2,3)(H2,4,5,6)/q+4;+1;. The summed E-state index contributed by atoms with van der Waals surface area (Å²) >= 11 is 0. The van der Waals surface area contributed by atoms with Crippen LogP contribution in [-0.2, 0) is 13.4 Å². The first-order chi connectivity index (χ1) is 3.71. The molecule has 4 N–H and O–H groups in total. The Labute approximate surface area is 85.5 Å². The van der Waals surface area contributed by atoms with Crippen LogP contribution in [0.4, 0.5) is 0 Å². The topological polar surface area (TPSA) is 124 Å². The summed E-state index contributed by atoms with van der Waals surface area (Å²) in [6.07, 6.45) is 0. The second-order valence-electron chi connectivity index (χ2n) is 1.06. The summed E-state index contributed by atoms with van der Waals surface area (Å²) in [7, 11) is -10.1. The first-order valence-electron chi connectivity index (χ1n) is 1.53. The summed E-state index contributed by atoms with van der Waals surface area (Å²) in [6.45, 7) is 0. The van der Waals surface area contributed by atoms with E-state index in [4.69, 9.17) is 19.6 Å². The molecule has 56 valence electrons. The van der Waals surface area contributed by atoms with Crippen LogP contribution in [0, 0.1) is 7.43 Å². The second-order valence-corrected chi connectivity index (χ2v) is 3.68. The Bertz CT molecular complexity index is 157. The molecule has 0 aliphatic rings. The molecule has 0 aliphatic carbocycles. The maximum absolute atomic E-state index is 9.63. The monoisotopic (exact) mass is 213 g/mol. The van der Waals surface area contributed by atoms with Crippen molar-refractivity contribution in [3.05, 3.63) is 7.43 Å². The fourth-order valence-electron chi connectivity index (χ4n) is 0.139. The van der Waals surface area contributed by atoms with E-state index in [-0.39, 0.29) is 37.0 Å². The molecule has 7 nitrogen and oxygen atoms in total. The van der Waals surface area contributed by atoms with Crippen molar-refractivity contribution in [1.29, 1.82) is 0 Å². The molecule has 0 bridgehead atoms. The number of hydrogen-bond donors (Lipinski definition) is 4. The average Bonchev–Trinajstić information content (AvgIpc) is 1.14. The van der Waals surface area contributed by atoms with E-state index in [0.29, 0.717) is 0 Å². The summed E-state index contributed by atoms with van der Waals surface area (Å²) in [5.41, 5.74) is 0. The average molecular weight is 213 g/mol. The molecule has 0 spiro atoms. The van der Waals surface area contributed by atoms with E-state index in [9.17, 15) is 9.13 Å². The number of hydrogen-bond acceptors (Lipinski definition) is 3. The second kappa shape index (κ2) is 5.83. The summed E-state index contributed by atoms with van der Waals surface area (Å²) in [4.78, 5) is 31.0. The minimum atomic E-state index is -5.05. The van der Waals surface area contributed by atoms with Crippen molar-refractivity contribution >= 4 is 15.6 Å². The van der Waals surface area contributed by atoms with Crippen LogP contribution in [-0.4, -0.2) is 19.6 Å². The third-order valence-corrected chi connectivity index (χ3v) is 1.91. The van der Waals surface area contributed by atoms with Gasteiger partial charge in [0.15, 0.2) is 0 Å². The van der Waals surface area contributed by atoms with Crippen LogP contribution in [0.25, 0.3) is 0 Å². The molecule has 0 saturated heterocycles. The van der Waals surface area contributed by atoms with E-state index in [1.54, 1.807) is 0 Å². The molecular weight excluding hydrogens is 209 g/mol. The third-order valence-electron chi connectivity index (χ3n) is 0.213. The van der Waals surface area contributed by atoms with Crippen molar-refractivity contribution < 1.29 is 62.6 Å². The van der Waals surface area contributed by atoms with E-state index in [2.05, 4.69) is 4.31 Å². The van der Waals surface area contributed by atoms with Crippen molar-refractivity contribution in [3.63, 3.8) is 0 Å². The van der Waals surface area contributed by atoms with Gasteiger partial charge in [-0.3, -0.25) is 0 Å². The van der Waals surface area contributed by atoms with Gasteiger partial charge in [0.2, 0.25) is 0 Å². The Morgan fingerprint density at radius 1 is 0.909 bits per heavy atom. The van der Waals surface area contributed by atoms with Gasteiger partial charge >= 0.3 is 52.6 Å². The van der Waals surface area contributed by atoms with Gasteiger partial charge < -0.3 is 19.6 Å². The van der Waals surface area contributed by atoms with Crippen LogP contribution in [0.1, 0.15) is 0 Å². The van der Waals surface area contributed by atoms with E-state index >= 15 is 0 Å². The van der Waals surface area contributed by atoms with Crippen LogP contribution in [0.15, 0.2) is 0 Å². The molecule has 0 aliphatic heterocycles. The zero-order valence-electron chi connectivity index (χ0n) is 5.41. The largest absolute Gasteiger partial charge is 4.00 e. The predicted molar refractivity (Wildman–Crippen MR) is 28.4 cm³/mol. The molecule has 0 saturated carbocycles. The molecule has 0 amide bonds. The van der Waals surface area contributed by atoms with Gasteiger partial charge in [-0.25, -0.2) is 9.13 Å². The molecule has 10 heteroatoms. The molecule has 0 heterocycles. The Morgan fingerprint density at radius 3 is 1.09 bits per heavy atom. The van der Waals surface area contributed by atoms with E-state index in [1.807, 2.05) is 0 Å². The van der Waals surface area contributed by atoms with E-state index in [0.717, 1.165) is 0 Å². The van der Waals surface area contributed by atoms with Gasteiger partial charge in [-0.15, -0.1) is 0 Å². The quantitative estimate of drug-likeness (QED) is 0.274. The summed E-state index contributed by atoms with van der Waals surface area (Å²) in [6, 6.07) is 0. The molecular formula is CH4NaO7P2+5. The minimum Gasteiger partial charge on any atom is -0.302 e. The molecule has 0 radical (unpaired) electrons. The van der Waals surface area contributed by atoms with Crippen molar-refractivity contribution in [3.8, 4) is 0 Å². The van der Waals surface area contributed by atoms with Crippen LogP contribution in [0.3, 0.4) is 0 Å². The third kappa shape index (κ3) is 18.3. The van der Waals surface area contributed by atoms with Crippen molar-refractivity contribution in [2.24, 2.45) is 0 Å². The van der Waals surface area contributed by atoms with Gasteiger partial charge in [-0.1, -0.05) is 0 Å². The Kier molecular flexibility index (Phi) is 9.61. The summed E-state index contributed by atoms with van der Waals surface area (Å²) < 4.78 is 22.2. The van der Waals surface area contributed by atoms with Crippen molar-refractivity contribution in [1.82, 2.24) is 0 Å². The van der Waals surface area contributed by atoms with Gasteiger partial charge in [-0.05, 0) is 0 Å². The maximum Gasteiger partial charge on any atom is 4.00 e. The zero-order valence-corrected chi connectivity index (χ0v) is 9.20. The normalized spacial score (nSPS) is 11.3. The molecule has 0 atom stereocenters. The smallest absolute Gasteiger partial charge is 0.302 e. The van der Waals surface area contributed by atoms with Crippen LogP contribution < -0.4 is 29.6 Å². The first kappa shape index (κ1) is 18.1. The van der Waals surface area contributed by atoms with Crippen LogP contribution in [0.5, 0.6) is 0 Å². The van der Waals surface area contributed by atoms with Gasteiger partial charge in [0.05, 0.1) is 0 Å². The predicted octanol–water partition coefficient (Wildman–Crippen LogP) is -3.73. The summed E-state index contributed by atoms with van der Waals surface area (Å²) in [5, 5.41) is 0. The van der Waals surface area contributed by atoms with E-state index in [1.165, 1.54) is 0 Å². The van der Waals surface area contributed by atoms with Gasteiger partial charge in [0.1, 0.15) is 0 Å². The van der Waals surface area contributed by atoms with Crippen molar-refractivity contribution in [2.75, 3.05) is 0 Å². The Morgan fingerprint density at radius 2 is 1.09 bits per heavy atom. The van der Waals surface area contributed by atoms with Crippen molar-refractivity contribution in [2.45, 2.75) is 0 Å². The van der Waals surface area contributed by atoms with Gasteiger partial charge in [0.25, 0.3) is 0 Å². The van der Waals surface area contributed by atoms with E-state index < -0.39 is 15.6 Å². The summed E-state index contributed by atoms with van der Waals surface area (Å²) in [5.74, 6) is 0. The zero-order chi connectivity index (χ0) is 7.71. The van der Waals surface area contributed by atoms with Gasteiger partial charge in [-0.2, -0.15) is 4.31 Å². The Hall–Kier alpha value is 1.26. The SMILES string of the molecule is O=P(O)(O)OP(=O)(O)O.[C+4].[Na+]. The minimum absolute atomic E-state index is 0. The molecule has 0 aromatic rings. The van der Waals surface area contributed by atoms with Crippen LogP contribution in [0.2, 0.25) is 0 Å². The fraction of sp³-hybridized carbons (Fsp3) is 0. The molecule has 0 fully saturated rings. The Balaban J connectivity index is -0.000000320. The maximum atomic E-state index is 9.63. The first-order valence-corrected chi connectivity index (χ1v) is 4.59. The molecule has 0 aromatic carbocycles. The fourth-order valence-corrected chi connectivity index (χ4v) is 1.25. The number of phosphoric acid groups is 2. The molecule has 0 aromatic heterocycles. The molecule has 0 unspecified atom stereocenters. The van der Waals surface area contributed by atoms with Crippen LogP contribution >= 0.6 is 15.6 Å². The molecule has 0 rings (SSSR count). The molecule has 11 heavy (non-hydrogen) atoms. The number of rotatable bonds is 2. The van der Waals surface area contributed by atoms with Gasteiger partial charge in [0, 0.05) is 0 Å².